The maximum Gasteiger partial charge on any atom is 0.266 e. The van der Waals surface area contributed by atoms with E-state index in [2.05, 4.69) is 15.1 Å². The number of halogens is 2. The molecule has 1 amide bonds. The Morgan fingerprint density at radius 1 is 1.31 bits per heavy atom. The zero-order valence-electron chi connectivity index (χ0n) is 12.8. The van der Waals surface area contributed by atoms with Crippen molar-refractivity contribution in [1.82, 2.24) is 19.8 Å². The minimum Gasteiger partial charge on any atom is -0.339 e. The van der Waals surface area contributed by atoms with Crippen LogP contribution in [0.5, 0.6) is 0 Å². The van der Waals surface area contributed by atoms with Gasteiger partial charge in [-0.15, -0.1) is 11.3 Å². The lowest BCUT2D eigenvalue weighted by molar-refractivity contribution is -0.119. The van der Waals surface area contributed by atoms with Crippen LogP contribution in [0.15, 0.2) is 39.9 Å². The normalized spacial score (nSPS) is 11.5. The third kappa shape index (κ3) is 4.39. The molecule has 0 saturated heterocycles. The number of rotatable bonds is 6. The van der Waals surface area contributed by atoms with Gasteiger partial charge in [-0.3, -0.25) is 9.78 Å². The molecule has 0 aliphatic heterocycles. The molecule has 0 atom stereocenters. The van der Waals surface area contributed by atoms with Gasteiger partial charge in [0.2, 0.25) is 17.6 Å². The number of pyridine rings is 1. The van der Waals surface area contributed by atoms with Crippen LogP contribution in [0.3, 0.4) is 0 Å². The van der Waals surface area contributed by atoms with E-state index in [0.29, 0.717) is 5.69 Å². The molecular weight excluding hydrogens is 423 g/mol. The van der Waals surface area contributed by atoms with E-state index < -0.39 is 15.9 Å². The van der Waals surface area contributed by atoms with Crippen LogP contribution in [-0.4, -0.2) is 29.4 Å². The summed E-state index contributed by atoms with van der Waals surface area (Å²) in [4.78, 5) is 19.9. The topological polar surface area (TPSA) is 115 Å². The van der Waals surface area contributed by atoms with Gasteiger partial charge in [0.25, 0.3) is 10.0 Å². The molecule has 3 aromatic heterocycles. The maximum atomic E-state index is 12.1. The van der Waals surface area contributed by atoms with Crippen molar-refractivity contribution in [3.63, 3.8) is 0 Å². The molecule has 26 heavy (non-hydrogen) atoms. The summed E-state index contributed by atoms with van der Waals surface area (Å²) < 4.78 is 31.5. The molecule has 0 unspecified atom stereocenters. The number of amides is 1. The molecule has 136 valence electrons. The van der Waals surface area contributed by atoms with Crippen molar-refractivity contribution in [2.75, 3.05) is 0 Å². The summed E-state index contributed by atoms with van der Waals surface area (Å²) in [5.41, 5.74) is 0.526. The Labute approximate surface area is 162 Å². The van der Waals surface area contributed by atoms with Crippen molar-refractivity contribution >= 4 is 50.5 Å². The van der Waals surface area contributed by atoms with Gasteiger partial charge in [0.1, 0.15) is 14.9 Å². The van der Waals surface area contributed by atoms with Gasteiger partial charge in [-0.05, 0) is 18.2 Å². The van der Waals surface area contributed by atoms with Crippen molar-refractivity contribution in [2.45, 2.75) is 17.7 Å². The van der Waals surface area contributed by atoms with Crippen LogP contribution in [0.2, 0.25) is 8.67 Å². The minimum absolute atomic E-state index is 0.0211. The molecule has 1 N–H and O–H groups in total. The summed E-state index contributed by atoms with van der Waals surface area (Å²) in [6.07, 6.45) is 1.49. The van der Waals surface area contributed by atoms with Crippen LogP contribution >= 0.6 is 34.5 Å². The predicted octanol–water partition coefficient (Wildman–Crippen LogP) is 2.94. The minimum atomic E-state index is -4.09. The highest BCUT2D eigenvalue weighted by Gasteiger charge is 2.23. The lowest BCUT2D eigenvalue weighted by Crippen LogP contribution is -2.30. The number of nitrogens with one attached hydrogen (secondary N) is 1. The van der Waals surface area contributed by atoms with E-state index in [1.54, 1.807) is 24.4 Å². The molecular formula is C14H10Cl2N4O4S2. The second kappa shape index (κ2) is 7.70. The molecule has 8 nitrogen and oxygen atoms in total. The molecule has 0 aliphatic rings. The number of nitrogens with zero attached hydrogens (tertiary/aromatic N) is 3. The molecule has 0 radical (unpaired) electrons. The van der Waals surface area contributed by atoms with E-state index in [4.69, 9.17) is 27.7 Å². The van der Waals surface area contributed by atoms with Gasteiger partial charge in [0.15, 0.2) is 0 Å². The zero-order chi connectivity index (χ0) is 18.7. The number of aryl methyl sites for hydroxylation is 1. The third-order valence-corrected chi connectivity index (χ3v) is 6.22. The fourth-order valence-electron chi connectivity index (χ4n) is 1.94. The molecule has 0 saturated carbocycles. The van der Waals surface area contributed by atoms with Gasteiger partial charge in [0.05, 0.1) is 4.34 Å². The van der Waals surface area contributed by atoms with Crippen LogP contribution in [-0.2, 0) is 21.2 Å². The molecule has 12 heteroatoms. The molecule has 3 heterocycles. The number of carbonyl (C=O) groups excluding carboxylic acids is 1. The molecule has 0 bridgehead atoms. The zero-order valence-corrected chi connectivity index (χ0v) is 16.0. The predicted molar refractivity (Wildman–Crippen MR) is 95.5 cm³/mol. The number of sulfonamides is 1. The van der Waals surface area contributed by atoms with Gasteiger partial charge in [-0.1, -0.05) is 34.4 Å². The molecule has 0 aliphatic carbocycles. The number of aromatic nitrogens is 3. The van der Waals surface area contributed by atoms with Crippen LogP contribution in [0.25, 0.3) is 11.5 Å². The number of carbonyl (C=O) groups is 1. The number of hydrogen-bond donors (Lipinski definition) is 1. The standard InChI is InChI=1S/C14H10Cl2N4O4S2/c15-10-7-9(13(16)25-10)26(22,23)20-11(21)4-5-12-18-14(19-24-12)8-3-1-2-6-17-8/h1-3,6-7H,4-5H2,(H,20,21). The van der Waals surface area contributed by atoms with Crippen molar-refractivity contribution < 1.29 is 17.7 Å². The highest BCUT2D eigenvalue weighted by Crippen LogP contribution is 2.34. The first-order valence-corrected chi connectivity index (χ1v) is 10.1. The Hall–Kier alpha value is -2.01. The second-order valence-corrected chi connectivity index (χ2v) is 8.88. The van der Waals surface area contributed by atoms with Gasteiger partial charge < -0.3 is 4.52 Å². The SMILES string of the molecule is O=C(CCc1nc(-c2ccccn2)no1)NS(=O)(=O)c1cc(Cl)sc1Cl. The Balaban J connectivity index is 1.61. The molecule has 0 aromatic carbocycles. The monoisotopic (exact) mass is 432 g/mol. The van der Waals surface area contributed by atoms with E-state index in [1.165, 1.54) is 6.07 Å². The van der Waals surface area contributed by atoms with E-state index in [1.807, 2.05) is 4.72 Å². The summed E-state index contributed by atoms with van der Waals surface area (Å²) >= 11 is 12.4. The van der Waals surface area contributed by atoms with Gasteiger partial charge >= 0.3 is 0 Å². The van der Waals surface area contributed by atoms with Crippen LogP contribution < -0.4 is 4.72 Å². The van der Waals surface area contributed by atoms with Crippen LogP contribution in [0.1, 0.15) is 12.3 Å². The third-order valence-electron chi connectivity index (χ3n) is 3.09. The Bertz CT molecular complexity index is 1030. The summed E-state index contributed by atoms with van der Waals surface area (Å²) in [5.74, 6) is -0.260. The van der Waals surface area contributed by atoms with Crippen molar-refractivity contribution in [1.29, 1.82) is 0 Å². The average Bonchev–Trinajstić information content (AvgIpc) is 3.20. The summed E-state index contributed by atoms with van der Waals surface area (Å²) in [7, 11) is -4.09. The molecule has 0 fully saturated rings. The highest BCUT2D eigenvalue weighted by atomic mass is 35.5. The van der Waals surface area contributed by atoms with Crippen molar-refractivity contribution in [3.8, 4) is 11.5 Å². The number of thiophene rings is 1. The summed E-state index contributed by atoms with van der Waals surface area (Å²) in [5, 5.41) is 3.77. The van der Waals surface area contributed by atoms with Crippen molar-refractivity contribution in [2.24, 2.45) is 0 Å². The van der Waals surface area contributed by atoms with Gasteiger partial charge in [-0.25, -0.2) is 13.1 Å². The van der Waals surface area contributed by atoms with E-state index in [-0.39, 0.29) is 38.1 Å². The average molecular weight is 433 g/mol. The molecule has 3 aromatic rings. The fourth-order valence-corrected chi connectivity index (χ4v) is 5.10. The first-order valence-electron chi connectivity index (χ1n) is 7.09. The van der Waals surface area contributed by atoms with E-state index in [0.717, 1.165) is 11.3 Å². The molecule has 0 spiro atoms. The summed E-state index contributed by atoms with van der Waals surface area (Å²) in [6, 6.07) is 6.42. The van der Waals surface area contributed by atoms with Crippen LogP contribution in [0, 0.1) is 0 Å². The Morgan fingerprint density at radius 3 is 2.77 bits per heavy atom. The lowest BCUT2D eigenvalue weighted by atomic mass is 10.3. The smallest absolute Gasteiger partial charge is 0.266 e. The first-order chi connectivity index (χ1) is 12.3. The maximum absolute atomic E-state index is 12.1. The number of hydrogen-bond acceptors (Lipinski definition) is 8. The van der Waals surface area contributed by atoms with E-state index >= 15 is 0 Å². The fraction of sp³-hybridized carbons (Fsp3) is 0.143. The van der Waals surface area contributed by atoms with E-state index in [9.17, 15) is 13.2 Å². The Morgan fingerprint density at radius 2 is 2.12 bits per heavy atom. The first kappa shape index (κ1) is 18.8. The summed E-state index contributed by atoms with van der Waals surface area (Å²) in [6.45, 7) is 0. The molecule has 3 rings (SSSR count). The largest absolute Gasteiger partial charge is 0.339 e. The Kier molecular flexibility index (Phi) is 5.56. The van der Waals surface area contributed by atoms with Crippen LogP contribution in [0.4, 0.5) is 0 Å². The highest BCUT2D eigenvalue weighted by molar-refractivity contribution is 7.90. The quantitative estimate of drug-likeness (QED) is 0.636. The van der Waals surface area contributed by atoms with Crippen molar-refractivity contribution in [3.05, 3.63) is 45.0 Å². The van der Waals surface area contributed by atoms with Gasteiger partial charge in [0, 0.05) is 19.0 Å². The lowest BCUT2D eigenvalue weighted by Gasteiger charge is -2.04. The second-order valence-electron chi connectivity index (χ2n) is 4.94. The van der Waals surface area contributed by atoms with Gasteiger partial charge in [-0.2, -0.15) is 4.98 Å².